The maximum atomic E-state index is 12.8. The van der Waals surface area contributed by atoms with Gasteiger partial charge in [-0.1, -0.05) is 12.1 Å². The first-order valence-corrected chi connectivity index (χ1v) is 9.70. The Labute approximate surface area is 157 Å². The van der Waals surface area contributed by atoms with E-state index in [4.69, 9.17) is 10.5 Å². The number of primary amides is 1. The number of benzene rings is 1. The molecule has 0 aromatic heterocycles. The maximum Gasteiger partial charge on any atom is 0.404 e. The molecule has 0 spiro atoms. The molecule has 2 aliphatic carbocycles. The molecular weight excluding hydrogens is 357 g/mol. The zero-order chi connectivity index (χ0) is 19.4. The van der Waals surface area contributed by atoms with E-state index in [1.165, 1.54) is 0 Å². The second kappa shape index (κ2) is 8.40. The molecule has 4 nitrogen and oxygen atoms in total. The average Bonchev–Trinajstić information content (AvgIpc) is 2.63. The van der Waals surface area contributed by atoms with E-state index in [2.05, 4.69) is 5.32 Å². The molecule has 0 radical (unpaired) electrons. The topological polar surface area (TPSA) is 64.4 Å². The van der Waals surface area contributed by atoms with Gasteiger partial charge >= 0.3 is 12.3 Å². The van der Waals surface area contributed by atoms with Crippen molar-refractivity contribution >= 4 is 11.8 Å². The molecular formula is C20H27F3N2O2. The second-order valence-corrected chi connectivity index (χ2v) is 7.77. The summed E-state index contributed by atoms with van der Waals surface area (Å²) in [5, 5.41) is 3.49. The van der Waals surface area contributed by atoms with Crippen LogP contribution in [0.2, 0.25) is 0 Å². The Morgan fingerprint density at radius 1 is 0.963 bits per heavy atom. The van der Waals surface area contributed by atoms with Gasteiger partial charge in [0.2, 0.25) is 0 Å². The zero-order valence-corrected chi connectivity index (χ0v) is 15.3. The van der Waals surface area contributed by atoms with Gasteiger partial charge in [0.15, 0.2) is 0 Å². The first-order valence-electron chi connectivity index (χ1n) is 9.70. The van der Waals surface area contributed by atoms with Crippen LogP contribution in [0, 0.1) is 5.92 Å². The highest BCUT2D eigenvalue weighted by atomic mass is 19.4. The van der Waals surface area contributed by atoms with Gasteiger partial charge in [0.1, 0.15) is 6.10 Å². The van der Waals surface area contributed by atoms with E-state index >= 15 is 0 Å². The van der Waals surface area contributed by atoms with Gasteiger partial charge in [0, 0.05) is 11.7 Å². The van der Waals surface area contributed by atoms with Crippen LogP contribution in [-0.2, 0) is 4.74 Å². The Morgan fingerprint density at radius 2 is 1.56 bits per heavy atom. The monoisotopic (exact) mass is 384 g/mol. The summed E-state index contributed by atoms with van der Waals surface area (Å²) in [5.41, 5.74) is 7.19. The molecule has 3 N–H and O–H groups in total. The van der Waals surface area contributed by atoms with Crippen LogP contribution in [0.3, 0.4) is 0 Å². The molecule has 0 aliphatic heterocycles. The number of ether oxygens (including phenoxy) is 1. The van der Waals surface area contributed by atoms with Crippen molar-refractivity contribution < 1.29 is 22.7 Å². The molecule has 27 heavy (non-hydrogen) atoms. The number of carbonyl (C=O) groups is 1. The Morgan fingerprint density at radius 3 is 2.07 bits per heavy atom. The number of hydrogen-bond donors (Lipinski definition) is 2. The lowest BCUT2D eigenvalue weighted by Crippen LogP contribution is -2.32. The van der Waals surface area contributed by atoms with E-state index in [0.29, 0.717) is 18.9 Å². The second-order valence-electron chi connectivity index (χ2n) is 7.77. The number of nitrogens with one attached hydrogen (secondary N) is 1. The number of nitrogens with two attached hydrogens (primary N) is 1. The number of halogens is 3. The SMILES string of the molecule is NC(=O)OC1CCC(Nc2ccc(C3CCC(C(F)(F)F)CC3)cc2)CC1. The molecule has 0 atom stereocenters. The highest BCUT2D eigenvalue weighted by Gasteiger charge is 2.41. The summed E-state index contributed by atoms with van der Waals surface area (Å²) in [6.07, 6.45) is 0.184. The third-order valence-corrected chi connectivity index (χ3v) is 5.90. The summed E-state index contributed by atoms with van der Waals surface area (Å²) in [4.78, 5) is 10.8. The molecule has 2 fully saturated rings. The van der Waals surface area contributed by atoms with Crippen LogP contribution < -0.4 is 11.1 Å². The summed E-state index contributed by atoms with van der Waals surface area (Å²) in [6, 6.07) is 8.41. The first-order chi connectivity index (χ1) is 12.8. The molecule has 0 unspecified atom stereocenters. The lowest BCUT2D eigenvalue weighted by molar-refractivity contribution is -0.182. The van der Waals surface area contributed by atoms with Gasteiger partial charge in [-0.05, 0) is 75.0 Å². The molecule has 7 heteroatoms. The molecule has 150 valence electrons. The van der Waals surface area contributed by atoms with Gasteiger partial charge < -0.3 is 15.8 Å². The van der Waals surface area contributed by atoms with Crippen LogP contribution in [0.1, 0.15) is 62.8 Å². The van der Waals surface area contributed by atoms with E-state index in [9.17, 15) is 18.0 Å². The van der Waals surface area contributed by atoms with E-state index in [1.807, 2.05) is 24.3 Å². The van der Waals surface area contributed by atoms with Gasteiger partial charge in [0.05, 0.1) is 5.92 Å². The van der Waals surface area contributed by atoms with E-state index in [1.54, 1.807) is 0 Å². The third-order valence-electron chi connectivity index (χ3n) is 5.90. The minimum Gasteiger partial charge on any atom is -0.446 e. The number of alkyl halides is 3. The van der Waals surface area contributed by atoms with Gasteiger partial charge in [0.25, 0.3) is 0 Å². The molecule has 3 rings (SSSR count). The van der Waals surface area contributed by atoms with E-state index < -0.39 is 18.2 Å². The fourth-order valence-electron chi connectivity index (χ4n) is 4.33. The highest BCUT2D eigenvalue weighted by Crippen LogP contribution is 2.43. The average molecular weight is 384 g/mol. The van der Waals surface area contributed by atoms with Gasteiger partial charge in [-0.15, -0.1) is 0 Å². The number of carbonyl (C=O) groups excluding carboxylic acids is 1. The molecule has 1 aromatic rings. The summed E-state index contributed by atoms with van der Waals surface area (Å²) >= 11 is 0. The van der Waals surface area contributed by atoms with Crippen molar-refractivity contribution in [3.63, 3.8) is 0 Å². The Kier molecular flexibility index (Phi) is 6.17. The fraction of sp³-hybridized carbons (Fsp3) is 0.650. The quantitative estimate of drug-likeness (QED) is 0.736. The van der Waals surface area contributed by atoms with Crippen molar-refractivity contribution in [1.82, 2.24) is 0 Å². The lowest BCUT2D eigenvalue weighted by atomic mass is 9.78. The Hall–Kier alpha value is -1.92. The number of hydrogen-bond acceptors (Lipinski definition) is 3. The summed E-state index contributed by atoms with van der Waals surface area (Å²) in [5.74, 6) is -0.914. The van der Waals surface area contributed by atoms with Crippen LogP contribution in [-0.4, -0.2) is 24.4 Å². The minimum atomic E-state index is -4.06. The van der Waals surface area contributed by atoms with E-state index in [-0.39, 0.29) is 24.9 Å². The van der Waals surface area contributed by atoms with Crippen LogP contribution in [0.25, 0.3) is 0 Å². The van der Waals surface area contributed by atoms with Crippen LogP contribution in [0.5, 0.6) is 0 Å². The predicted octanol–water partition coefficient (Wildman–Crippen LogP) is 5.34. The van der Waals surface area contributed by atoms with Crippen LogP contribution >= 0.6 is 0 Å². The molecule has 2 aliphatic rings. The van der Waals surface area contributed by atoms with Crippen molar-refractivity contribution in [2.45, 2.75) is 75.6 Å². The number of anilines is 1. The molecule has 0 heterocycles. The predicted molar refractivity (Wildman–Crippen MR) is 97.5 cm³/mol. The molecule has 1 aromatic carbocycles. The van der Waals surface area contributed by atoms with Crippen molar-refractivity contribution in [2.24, 2.45) is 11.7 Å². The third kappa shape index (κ3) is 5.53. The first kappa shape index (κ1) is 19.8. The van der Waals surface area contributed by atoms with Crippen LogP contribution in [0.15, 0.2) is 24.3 Å². The molecule has 0 saturated heterocycles. The van der Waals surface area contributed by atoms with Crippen molar-refractivity contribution in [3.05, 3.63) is 29.8 Å². The lowest BCUT2D eigenvalue weighted by Gasteiger charge is -2.30. The van der Waals surface area contributed by atoms with Crippen molar-refractivity contribution in [1.29, 1.82) is 0 Å². The normalized spacial score (nSPS) is 29.1. The smallest absolute Gasteiger partial charge is 0.404 e. The Balaban J connectivity index is 1.46. The van der Waals surface area contributed by atoms with Crippen molar-refractivity contribution in [2.75, 3.05) is 5.32 Å². The summed E-state index contributed by atoms with van der Waals surface area (Å²) in [6.45, 7) is 0. The van der Waals surface area contributed by atoms with Crippen LogP contribution in [0.4, 0.5) is 23.7 Å². The summed E-state index contributed by atoms with van der Waals surface area (Å²) in [7, 11) is 0. The fourth-order valence-corrected chi connectivity index (χ4v) is 4.33. The Bertz CT molecular complexity index is 617. The van der Waals surface area contributed by atoms with Gasteiger partial charge in [-0.25, -0.2) is 4.79 Å². The maximum absolute atomic E-state index is 12.8. The standard InChI is InChI=1S/C20H27F3N2O2/c21-20(22,23)15-5-1-13(2-6-15)14-3-7-16(8-4-14)25-17-9-11-18(12-10-17)27-19(24)26/h3-4,7-8,13,15,17-18,25H,1-2,5-6,9-12H2,(H2,24,26). The van der Waals surface area contributed by atoms with Gasteiger partial charge in [-0.3, -0.25) is 0 Å². The van der Waals surface area contributed by atoms with Gasteiger partial charge in [-0.2, -0.15) is 13.2 Å². The number of rotatable bonds is 4. The molecule has 0 bridgehead atoms. The minimum absolute atomic E-state index is 0.0882. The molecule has 2 saturated carbocycles. The van der Waals surface area contributed by atoms with E-state index in [0.717, 1.165) is 36.9 Å². The zero-order valence-electron chi connectivity index (χ0n) is 15.3. The number of amides is 1. The summed E-state index contributed by atoms with van der Waals surface area (Å²) < 4.78 is 43.4. The van der Waals surface area contributed by atoms with Crippen molar-refractivity contribution in [3.8, 4) is 0 Å². The highest BCUT2D eigenvalue weighted by molar-refractivity contribution is 5.64. The largest absolute Gasteiger partial charge is 0.446 e. The molecule has 1 amide bonds.